The van der Waals surface area contributed by atoms with Gasteiger partial charge in [0.05, 0.1) is 11.4 Å². The highest BCUT2D eigenvalue weighted by Crippen LogP contribution is 2.27. The standard InChI is InChI=1S/C17H17N5/c1-3-13-4-2-6-16(15(13)5-1)22-17(20-12-21-22)8-7-14-11-18-9-10-19-14/h2,4,6,9-12H,1,3,5,7-8H2. The Balaban J connectivity index is 1.62. The summed E-state index contributed by atoms with van der Waals surface area (Å²) < 4.78 is 1.99. The van der Waals surface area contributed by atoms with Gasteiger partial charge in [0, 0.05) is 25.0 Å². The monoisotopic (exact) mass is 291 g/mol. The Morgan fingerprint density at radius 3 is 2.95 bits per heavy atom. The average Bonchev–Trinajstić information content (AvgIpc) is 3.22. The molecule has 0 spiro atoms. The van der Waals surface area contributed by atoms with Crippen LogP contribution in [0.4, 0.5) is 0 Å². The number of nitrogens with zero attached hydrogens (tertiary/aromatic N) is 5. The number of benzene rings is 1. The topological polar surface area (TPSA) is 56.5 Å². The van der Waals surface area contributed by atoms with Crippen LogP contribution < -0.4 is 0 Å². The lowest BCUT2D eigenvalue weighted by atomic mass is 10.1. The van der Waals surface area contributed by atoms with Gasteiger partial charge in [-0.3, -0.25) is 9.97 Å². The normalized spacial score (nSPS) is 13.3. The zero-order valence-corrected chi connectivity index (χ0v) is 12.3. The van der Waals surface area contributed by atoms with Crippen molar-refractivity contribution in [3.8, 4) is 5.69 Å². The van der Waals surface area contributed by atoms with Gasteiger partial charge in [-0.15, -0.1) is 0 Å². The molecule has 5 nitrogen and oxygen atoms in total. The summed E-state index contributed by atoms with van der Waals surface area (Å²) in [6, 6.07) is 6.49. The first-order valence-electron chi connectivity index (χ1n) is 7.67. The molecule has 0 fully saturated rings. The Morgan fingerprint density at radius 1 is 1.05 bits per heavy atom. The molecule has 4 rings (SSSR count). The predicted molar refractivity (Wildman–Crippen MR) is 82.8 cm³/mol. The first kappa shape index (κ1) is 13.1. The molecule has 2 heterocycles. The first-order valence-corrected chi connectivity index (χ1v) is 7.67. The summed E-state index contributed by atoms with van der Waals surface area (Å²) >= 11 is 0. The molecule has 110 valence electrons. The fourth-order valence-corrected chi connectivity index (χ4v) is 3.13. The van der Waals surface area contributed by atoms with E-state index in [-0.39, 0.29) is 0 Å². The van der Waals surface area contributed by atoms with Gasteiger partial charge in [-0.1, -0.05) is 12.1 Å². The van der Waals surface area contributed by atoms with Crippen molar-refractivity contribution >= 4 is 0 Å². The SMILES string of the molecule is c1cc2c(c(-n3ncnc3CCc3cnccn3)c1)CCC2. The van der Waals surface area contributed by atoms with E-state index in [4.69, 9.17) is 0 Å². The highest BCUT2D eigenvalue weighted by molar-refractivity contribution is 5.48. The van der Waals surface area contributed by atoms with Crippen LogP contribution in [0.2, 0.25) is 0 Å². The van der Waals surface area contributed by atoms with Crippen molar-refractivity contribution in [1.29, 1.82) is 0 Å². The van der Waals surface area contributed by atoms with Gasteiger partial charge in [-0.05, 0) is 42.9 Å². The van der Waals surface area contributed by atoms with Gasteiger partial charge in [-0.2, -0.15) is 5.10 Å². The van der Waals surface area contributed by atoms with Crippen LogP contribution in [-0.2, 0) is 25.7 Å². The second-order valence-electron chi connectivity index (χ2n) is 5.55. The molecule has 1 aliphatic carbocycles. The van der Waals surface area contributed by atoms with E-state index in [1.807, 2.05) is 4.68 Å². The lowest BCUT2D eigenvalue weighted by Gasteiger charge is -2.10. The van der Waals surface area contributed by atoms with Crippen molar-refractivity contribution in [3.63, 3.8) is 0 Å². The van der Waals surface area contributed by atoms with Crippen LogP contribution in [0, 0.1) is 0 Å². The van der Waals surface area contributed by atoms with Gasteiger partial charge in [0.1, 0.15) is 12.2 Å². The molecule has 0 radical (unpaired) electrons. The molecular weight excluding hydrogens is 274 g/mol. The van der Waals surface area contributed by atoms with E-state index in [1.165, 1.54) is 29.7 Å². The maximum Gasteiger partial charge on any atom is 0.138 e. The zero-order valence-electron chi connectivity index (χ0n) is 12.3. The van der Waals surface area contributed by atoms with E-state index < -0.39 is 0 Å². The maximum absolute atomic E-state index is 4.45. The van der Waals surface area contributed by atoms with Crippen LogP contribution in [0.1, 0.15) is 29.1 Å². The molecule has 0 unspecified atom stereocenters. The molecule has 0 atom stereocenters. The van der Waals surface area contributed by atoms with Crippen molar-refractivity contribution in [1.82, 2.24) is 24.7 Å². The quantitative estimate of drug-likeness (QED) is 0.740. The third-order valence-electron chi connectivity index (χ3n) is 4.19. The van der Waals surface area contributed by atoms with Crippen LogP contribution in [0.15, 0.2) is 43.1 Å². The first-order chi connectivity index (χ1) is 10.9. The van der Waals surface area contributed by atoms with Crippen molar-refractivity contribution in [2.75, 3.05) is 0 Å². The highest BCUT2D eigenvalue weighted by atomic mass is 15.3. The van der Waals surface area contributed by atoms with Gasteiger partial charge in [-0.25, -0.2) is 9.67 Å². The van der Waals surface area contributed by atoms with E-state index in [0.29, 0.717) is 0 Å². The summed E-state index contributed by atoms with van der Waals surface area (Å²) in [5.74, 6) is 0.978. The second-order valence-corrected chi connectivity index (χ2v) is 5.55. The molecule has 0 amide bonds. The minimum absolute atomic E-state index is 0.808. The molecule has 2 aromatic heterocycles. The van der Waals surface area contributed by atoms with E-state index in [9.17, 15) is 0 Å². The van der Waals surface area contributed by atoms with Gasteiger partial charge < -0.3 is 0 Å². The van der Waals surface area contributed by atoms with E-state index in [1.54, 1.807) is 24.9 Å². The summed E-state index contributed by atoms with van der Waals surface area (Å²) in [6.07, 6.45) is 12.0. The molecule has 0 N–H and O–H groups in total. The lowest BCUT2D eigenvalue weighted by Crippen LogP contribution is -2.08. The van der Waals surface area contributed by atoms with Crippen LogP contribution in [0.25, 0.3) is 5.69 Å². The number of fused-ring (bicyclic) bond motifs is 1. The molecular formula is C17H17N5. The van der Waals surface area contributed by atoms with Gasteiger partial charge in [0.25, 0.3) is 0 Å². The smallest absolute Gasteiger partial charge is 0.138 e. The molecule has 0 saturated heterocycles. The Morgan fingerprint density at radius 2 is 2.05 bits per heavy atom. The molecule has 22 heavy (non-hydrogen) atoms. The highest BCUT2D eigenvalue weighted by Gasteiger charge is 2.17. The summed E-state index contributed by atoms with van der Waals surface area (Å²) in [6.45, 7) is 0. The fourth-order valence-electron chi connectivity index (χ4n) is 3.13. The number of rotatable bonds is 4. The predicted octanol–water partition coefficient (Wildman–Crippen LogP) is 2.33. The number of aryl methyl sites for hydroxylation is 3. The third-order valence-corrected chi connectivity index (χ3v) is 4.19. The Kier molecular flexibility index (Phi) is 3.39. The van der Waals surface area contributed by atoms with Crippen molar-refractivity contribution in [3.05, 3.63) is 65.8 Å². The Hall–Kier alpha value is -2.56. The van der Waals surface area contributed by atoms with Crippen LogP contribution in [0.5, 0.6) is 0 Å². The summed E-state index contributed by atoms with van der Waals surface area (Å²) in [5.41, 5.74) is 5.04. The second kappa shape index (κ2) is 5.67. The minimum Gasteiger partial charge on any atom is -0.261 e. The van der Waals surface area contributed by atoms with Crippen molar-refractivity contribution < 1.29 is 0 Å². The van der Waals surface area contributed by atoms with Crippen molar-refractivity contribution in [2.24, 2.45) is 0 Å². The van der Waals surface area contributed by atoms with Crippen LogP contribution in [-0.4, -0.2) is 24.7 Å². The van der Waals surface area contributed by atoms with Crippen molar-refractivity contribution in [2.45, 2.75) is 32.1 Å². The molecule has 0 saturated carbocycles. The molecule has 0 aliphatic heterocycles. The lowest BCUT2D eigenvalue weighted by molar-refractivity contribution is 0.753. The fraction of sp³-hybridized carbons (Fsp3) is 0.294. The minimum atomic E-state index is 0.808. The van der Waals surface area contributed by atoms with E-state index >= 15 is 0 Å². The van der Waals surface area contributed by atoms with Gasteiger partial charge in [0.2, 0.25) is 0 Å². The average molecular weight is 291 g/mol. The summed E-state index contributed by atoms with van der Waals surface area (Å²) in [4.78, 5) is 12.9. The Labute approximate surface area is 129 Å². The summed E-state index contributed by atoms with van der Waals surface area (Å²) in [7, 11) is 0. The maximum atomic E-state index is 4.45. The molecule has 3 aromatic rings. The summed E-state index contributed by atoms with van der Waals surface area (Å²) in [5, 5.41) is 4.45. The third kappa shape index (κ3) is 2.39. The van der Waals surface area contributed by atoms with Crippen LogP contribution >= 0.6 is 0 Å². The zero-order chi connectivity index (χ0) is 14.8. The van der Waals surface area contributed by atoms with E-state index in [2.05, 4.69) is 38.2 Å². The van der Waals surface area contributed by atoms with Gasteiger partial charge >= 0.3 is 0 Å². The molecule has 5 heteroatoms. The number of hydrogen-bond donors (Lipinski definition) is 0. The Bertz CT molecular complexity index is 779. The van der Waals surface area contributed by atoms with E-state index in [0.717, 1.165) is 30.8 Å². The molecule has 1 aliphatic rings. The molecule has 1 aromatic carbocycles. The van der Waals surface area contributed by atoms with Gasteiger partial charge in [0.15, 0.2) is 0 Å². The molecule has 0 bridgehead atoms. The number of hydrogen-bond acceptors (Lipinski definition) is 4. The number of aromatic nitrogens is 5. The van der Waals surface area contributed by atoms with Crippen LogP contribution in [0.3, 0.4) is 0 Å². The largest absolute Gasteiger partial charge is 0.261 e.